The van der Waals surface area contributed by atoms with Crippen molar-refractivity contribution in [2.75, 3.05) is 20.3 Å². The first-order chi connectivity index (χ1) is 17.4. The maximum absolute atomic E-state index is 13.7. The Kier molecular flexibility index (Phi) is 7.85. The SMILES string of the molecule is CCOc1cc(F)ccc1-c1nc(CCOc2ccc(C[C@H](OC)C(=O)O)c3ccccc23)c(C)o1. The molecule has 0 spiro atoms. The molecular weight excluding hydrogens is 465 g/mol. The van der Waals surface area contributed by atoms with Crippen LogP contribution in [-0.4, -0.2) is 42.5 Å². The van der Waals surface area contributed by atoms with Crippen LogP contribution < -0.4 is 9.47 Å². The molecule has 0 unspecified atom stereocenters. The molecule has 0 aliphatic heterocycles. The fourth-order valence-corrected chi connectivity index (χ4v) is 4.09. The molecule has 4 rings (SSSR count). The summed E-state index contributed by atoms with van der Waals surface area (Å²) in [7, 11) is 1.39. The number of methoxy groups -OCH3 is 1. The maximum Gasteiger partial charge on any atom is 0.333 e. The van der Waals surface area contributed by atoms with E-state index in [1.807, 2.05) is 50.2 Å². The van der Waals surface area contributed by atoms with Crippen molar-refractivity contribution in [2.45, 2.75) is 32.8 Å². The molecule has 0 aliphatic carbocycles. The Morgan fingerprint density at radius 2 is 1.86 bits per heavy atom. The molecule has 3 aromatic carbocycles. The Balaban J connectivity index is 1.50. The van der Waals surface area contributed by atoms with Crippen LogP contribution in [0.15, 0.2) is 59.0 Å². The number of halogens is 1. The number of oxazole rings is 1. The van der Waals surface area contributed by atoms with Crippen molar-refractivity contribution < 1.29 is 32.9 Å². The van der Waals surface area contributed by atoms with E-state index in [2.05, 4.69) is 4.98 Å². The zero-order valence-electron chi connectivity index (χ0n) is 20.4. The number of carboxylic acids is 1. The second-order valence-corrected chi connectivity index (χ2v) is 8.23. The lowest BCUT2D eigenvalue weighted by atomic mass is 9.99. The number of hydrogen-bond donors (Lipinski definition) is 1. The summed E-state index contributed by atoms with van der Waals surface area (Å²) < 4.78 is 36.3. The third-order valence-electron chi connectivity index (χ3n) is 5.90. The number of carboxylic acid groups (broad SMARTS) is 1. The third kappa shape index (κ3) is 5.49. The molecule has 1 heterocycles. The summed E-state index contributed by atoms with van der Waals surface area (Å²) in [5.41, 5.74) is 2.20. The average molecular weight is 494 g/mol. The number of ether oxygens (including phenoxy) is 3. The normalized spacial score (nSPS) is 12.0. The highest BCUT2D eigenvalue weighted by molar-refractivity contribution is 5.91. The summed E-state index contributed by atoms with van der Waals surface area (Å²) in [6.07, 6.45) is -0.170. The minimum absolute atomic E-state index is 0.251. The van der Waals surface area contributed by atoms with Gasteiger partial charge in [-0.25, -0.2) is 14.2 Å². The van der Waals surface area contributed by atoms with E-state index in [0.29, 0.717) is 48.3 Å². The second-order valence-electron chi connectivity index (χ2n) is 8.23. The third-order valence-corrected chi connectivity index (χ3v) is 5.90. The monoisotopic (exact) mass is 493 g/mol. The van der Waals surface area contributed by atoms with E-state index < -0.39 is 17.9 Å². The molecule has 1 atom stereocenters. The lowest BCUT2D eigenvalue weighted by Gasteiger charge is -2.15. The van der Waals surface area contributed by atoms with Crippen LogP contribution >= 0.6 is 0 Å². The number of hydrogen-bond acceptors (Lipinski definition) is 6. The van der Waals surface area contributed by atoms with Crippen molar-refractivity contribution in [3.63, 3.8) is 0 Å². The summed E-state index contributed by atoms with van der Waals surface area (Å²) in [5, 5.41) is 11.2. The quantitative estimate of drug-likeness (QED) is 0.291. The predicted molar refractivity (Wildman–Crippen MR) is 133 cm³/mol. The fourth-order valence-electron chi connectivity index (χ4n) is 4.09. The van der Waals surface area contributed by atoms with Crippen LogP contribution in [0, 0.1) is 12.7 Å². The Morgan fingerprint density at radius 1 is 1.08 bits per heavy atom. The molecular formula is C28H28FNO6. The van der Waals surface area contributed by atoms with Gasteiger partial charge in [0.1, 0.15) is 23.1 Å². The Bertz CT molecular complexity index is 1370. The van der Waals surface area contributed by atoms with Crippen LogP contribution in [0.1, 0.15) is 23.9 Å². The molecule has 0 saturated carbocycles. The zero-order chi connectivity index (χ0) is 25.7. The number of aromatic nitrogens is 1. The Labute approximate surface area is 208 Å². The van der Waals surface area contributed by atoms with Gasteiger partial charge >= 0.3 is 5.97 Å². The Hall–Kier alpha value is -3.91. The number of aryl methyl sites for hydroxylation is 1. The first-order valence-electron chi connectivity index (χ1n) is 11.7. The smallest absolute Gasteiger partial charge is 0.333 e. The van der Waals surface area contributed by atoms with Gasteiger partial charge in [0.25, 0.3) is 0 Å². The minimum atomic E-state index is -1.00. The van der Waals surface area contributed by atoms with E-state index in [1.54, 1.807) is 6.07 Å². The average Bonchev–Trinajstić information content (AvgIpc) is 3.23. The molecule has 0 bridgehead atoms. The van der Waals surface area contributed by atoms with Crippen molar-refractivity contribution in [1.29, 1.82) is 0 Å². The van der Waals surface area contributed by atoms with Gasteiger partial charge in [0.2, 0.25) is 5.89 Å². The van der Waals surface area contributed by atoms with E-state index in [0.717, 1.165) is 22.0 Å². The molecule has 0 aliphatic rings. The summed E-state index contributed by atoms with van der Waals surface area (Å²) in [4.78, 5) is 16.0. The molecule has 0 amide bonds. The standard InChI is InChI=1S/C28H28FNO6/c1-4-34-25-16-19(29)10-11-22(25)27-30-23(17(2)36-27)13-14-35-24-12-9-18(15-26(33-3)28(31)32)20-7-5-6-8-21(20)24/h5-12,16,26H,4,13-15H2,1-3H3,(H,31,32)/t26-/m0/s1. The summed E-state index contributed by atoms with van der Waals surface area (Å²) >= 11 is 0. The van der Waals surface area contributed by atoms with Gasteiger partial charge in [-0.2, -0.15) is 0 Å². The summed E-state index contributed by atoms with van der Waals surface area (Å²) in [5.74, 6) is 0.701. The van der Waals surface area contributed by atoms with Gasteiger partial charge in [0.05, 0.1) is 24.5 Å². The van der Waals surface area contributed by atoms with Gasteiger partial charge in [-0.3, -0.25) is 0 Å². The second kappa shape index (κ2) is 11.2. The topological polar surface area (TPSA) is 91.0 Å². The first-order valence-corrected chi connectivity index (χ1v) is 11.7. The van der Waals surface area contributed by atoms with Crippen LogP contribution in [0.3, 0.4) is 0 Å². The molecule has 7 nitrogen and oxygen atoms in total. The van der Waals surface area contributed by atoms with Gasteiger partial charge in [0.15, 0.2) is 6.10 Å². The first kappa shape index (κ1) is 25.2. The lowest BCUT2D eigenvalue weighted by Crippen LogP contribution is -2.24. The Morgan fingerprint density at radius 3 is 2.58 bits per heavy atom. The number of rotatable bonds is 11. The largest absolute Gasteiger partial charge is 0.493 e. The van der Waals surface area contributed by atoms with Crippen LogP contribution in [0.4, 0.5) is 4.39 Å². The van der Waals surface area contributed by atoms with Crippen molar-refractivity contribution >= 4 is 16.7 Å². The number of benzene rings is 3. The fraction of sp³-hybridized carbons (Fsp3) is 0.286. The highest BCUT2D eigenvalue weighted by Gasteiger charge is 2.20. The highest BCUT2D eigenvalue weighted by atomic mass is 19.1. The zero-order valence-corrected chi connectivity index (χ0v) is 20.4. The van der Waals surface area contributed by atoms with E-state index in [4.69, 9.17) is 18.6 Å². The van der Waals surface area contributed by atoms with Gasteiger partial charge in [-0.15, -0.1) is 0 Å². The van der Waals surface area contributed by atoms with E-state index >= 15 is 0 Å². The van der Waals surface area contributed by atoms with Crippen LogP contribution in [-0.2, 0) is 22.4 Å². The molecule has 0 radical (unpaired) electrons. The van der Waals surface area contributed by atoms with Crippen molar-refractivity contribution in [3.05, 3.63) is 77.4 Å². The molecule has 36 heavy (non-hydrogen) atoms. The van der Waals surface area contributed by atoms with Crippen LogP contribution in [0.5, 0.6) is 11.5 Å². The lowest BCUT2D eigenvalue weighted by molar-refractivity contribution is -0.148. The number of nitrogens with zero attached hydrogens (tertiary/aromatic N) is 1. The number of fused-ring (bicyclic) bond motifs is 1. The molecule has 0 fully saturated rings. The molecule has 188 valence electrons. The molecule has 1 aromatic heterocycles. The summed E-state index contributed by atoms with van der Waals surface area (Å²) in [6.45, 7) is 4.41. The minimum Gasteiger partial charge on any atom is -0.493 e. The van der Waals surface area contributed by atoms with Gasteiger partial charge in [-0.1, -0.05) is 30.3 Å². The molecule has 0 saturated heterocycles. The van der Waals surface area contributed by atoms with Crippen LogP contribution in [0.2, 0.25) is 0 Å². The summed E-state index contributed by atoms with van der Waals surface area (Å²) in [6, 6.07) is 15.7. The van der Waals surface area contributed by atoms with Crippen molar-refractivity contribution in [2.24, 2.45) is 0 Å². The predicted octanol–water partition coefficient (Wildman–Crippen LogP) is 5.60. The van der Waals surface area contributed by atoms with Gasteiger partial charge in [0, 0.05) is 31.4 Å². The molecule has 4 aromatic rings. The highest BCUT2D eigenvalue weighted by Crippen LogP contribution is 2.32. The number of carbonyl (C=O) groups is 1. The molecule has 8 heteroatoms. The number of aliphatic carboxylic acids is 1. The van der Waals surface area contributed by atoms with Crippen molar-refractivity contribution in [3.8, 4) is 23.0 Å². The molecule has 1 N–H and O–H groups in total. The van der Waals surface area contributed by atoms with Crippen LogP contribution in [0.25, 0.3) is 22.2 Å². The maximum atomic E-state index is 13.7. The van der Waals surface area contributed by atoms with Crippen molar-refractivity contribution in [1.82, 2.24) is 4.98 Å². The van der Waals surface area contributed by atoms with E-state index in [1.165, 1.54) is 19.2 Å². The van der Waals surface area contributed by atoms with E-state index in [9.17, 15) is 14.3 Å². The van der Waals surface area contributed by atoms with E-state index in [-0.39, 0.29) is 6.42 Å². The van der Waals surface area contributed by atoms with Gasteiger partial charge in [-0.05, 0) is 43.0 Å². The van der Waals surface area contributed by atoms with Gasteiger partial charge < -0.3 is 23.7 Å².